The number of halogens is 1. The van der Waals surface area contributed by atoms with Crippen LogP contribution in [0.4, 0.5) is 10.1 Å². The Labute approximate surface area is 148 Å². The molecule has 0 aliphatic heterocycles. The van der Waals surface area contributed by atoms with Crippen molar-refractivity contribution in [2.75, 3.05) is 11.3 Å². The summed E-state index contributed by atoms with van der Waals surface area (Å²) in [7, 11) is 0. The van der Waals surface area contributed by atoms with Crippen LogP contribution in [0.1, 0.15) is 25.8 Å². The number of para-hydroxylation sites is 1. The van der Waals surface area contributed by atoms with Crippen LogP contribution in [0.15, 0.2) is 48.5 Å². The molecule has 3 nitrogen and oxygen atoms in total. The number of nitrogens with two attached hydrogens (primary N) is 1. The zero-order valence-electron chi connectivity index (χ0n) is 14.4. The topological polar surface area (TPSA) is 47.3 Å². The third-order valence-electron chi connectivity index (χ3n) is 4.26. The first-order valence-electron chi connectivity index (χ1n) is 7.98. The summed E-state index contributed by atoms with van der Waals surface area (Å²) in [5.41, 5.74) is 2.45. The molecule has 0 spiro atoms. The van der Waals surface area contributed by atoms with Gasteiger partial charge in [-0.3, -0.25) is 5.14 Å². The van der Waals surface area contributed by atoms with Crippen LogP contribution in [-0.2, 0) is 0 Å². The predicted molar refractivity (Wildman–Crippen MR) is 100 cm³/mol. The molecule has 2 aromatic rings. The molecule has 5 heteroatoms. The van der Waals surface area contributed by atoms with Gasteiger partial charge in [0.25, 0.3) is 0 Å². The van der Waals surface area contributed by atoms with Crippen LogP contribution in [-0.4, -0.2) is 6.61 Å². The fourth-order valence-electron chi connectivity index (χ4n) is 2.35. The fourth-order valence-corrected chi connectivity index (χ4v) is 2.63. The predicted octanol–water partition coefficient (Wildman–Crippen LogP) is 5.18. The first-order chi connectivity index (χ1) is 11.4. The Kier molecular flexibility index (Phi) is 6.52. The van der Waals surface area contributed by atoms with E-state index in [0.717, 1.165) is 23.4 Å². The van der Waals surface area contributed by atoms with Crippen LogP contribution in [0.5, 0.6) is 5.75 Å². The van der Waals surface area contributed by atoms with E-state index in [-0.39, 0.29) is 5.82 Å². The second kappa shape index (κ2) is 8.40. The van der Waals surface area contributed by atoms with Gasteiger partial charge in [-0.25, -0.2) is 4.39 Å². The smallest absolute Gasteiger partial charge is 0.126 e. The molecule has 0 bridgehead atoms. The number of rotatable bonds is 5. The van der Waals surface area contributed by atoms with Gasteiger partial charge < -0.3 is 9.46 Å². The van der Waals surface area contributed by atoms with Gasteiger partial charge in [0.2, 0.25) is 0 Å². The summed E-state index contributed by atoms with van der Waals surface area (Å²) in [5.74, 6) is 1.07. The minimum atomic E-state index is -0.231. The number of hydrogen-bond donors (Lipinski definition) is 2. The van der Waals surface area contributed by atoms with E-state index >= 15 is 0 Å². The molecule has 3 rings (SSSR count). The van der Waals surface area contributed by atoms with E-state index in [0.29, 0.717) is 23.7 Å². The van der Waals surface area contributed by atoms with Gasteiger partial charge in [0.05, 0.1) is 6.61 Å². The van der Waals surface area contributed by atoms with Crippen molar-refractivity contribution in [3.63, 3.8) is 0 Å². The number of nitrogens with one attached hydrogen (secondary N) is 1. The monoisotopic (exact) mass is 348 g/mol. The fraction of sp³-hybridized carbons (Fsp3) is 0.368. The molecule has 0 radical (unpaired) electrons. The molecule has 1 aliphatic rings. The lowest BCUT2D eigenvalue weighted by atomic mass is 10.1. The van der Waals surface area contributed by atoms with Crippen LogP contribution in [0.2, 0.25) is 0 Å². The number of hydrogen-bond acceptors (Lipinski definition) is 4. The SMILES string of the molecule is Cc1ccc(F)cc1OCC1CC1(C)C.NSNc1ccccc1. The summed E-state index contributed by atoms with van der Waals surface area (Å²) in [5, 5.41) is 5.17. The number of aryl methyl sites for hydroxylation is 1. The molecule has 0 heterocycles. The van der Waals surface area contributed by atoms with E-state index in [2.05, 4.69) is 18.6 Å². The van der Waals surface area contributed by atoms with Crippen molar-refractivity contribution in [2.24, 2.45) is 16.5 Å². The minimum absolute atomic E-state index is 0.231. The van der Waals surface area contributed by atoms with Gasteiger partial charge in [-0.1, -0.05) is 38.1 Å². The van der Waals surface area contributed by atoms with E-state index in [1.807, 2.05) is 37.3 Å². The second-order valence-corrected chi connectivity index (χ2v) is 7.14. The molecule has 1 fully saturated rings. The molecular weight excluding hydrogens is 323 g/mol. The summed E-state index contributed by atoms with van der Waals surface area (Å²) in [4.78, 5) is 0. The lowest BCUT2D eigenvalue weighted by molar-refractivity contribution is 0.277. The normalized spacial score (nSPS) is 17.5. The summed E-state index contributed by atoms with van der Waals surface area (Å²) in [6, 6.07) is 14.5. The van der Waals surface area contributed by atoms with Crippen molar-refractivity contribution in [1.82, 2.24) is 0 Å². The van der Waals surface area contributed by atoms with Gasteiger partial charge in [0.1, 0.15) is 11.6 Å². The van der Waals surface area contributed by atoms with E-state index in [9.17, 15) is 4.39 Å². The Hall–Kier alpha value is -1.72. The highest BCUT2D eigenvalue weighted by atomic mass is 32.2. The molecule has 130 valence electrons. The van der Waals surface area contributed by atoms with Gasteiger partial charge in [-0.05, 0) is 48.4 Å². The number of anilines is 1. The maximum Gasteiger partial charge on any atom is 0.126 e. The van der Waals surface area contributed by atoms with Crippen molar-refractivity contribution in [3.05, 3.63) is 59.9 Å². The first-order valence-corrected chi connectivity index (χ1v) is 8.86. The Morgan fingerprint density at radius 3 is 2.50 bits per heavy atom. The molecule has 0 amide bonds. The van der Waals surface area contributed by atoms with Crippen molar-refractivity contribution in [2.45, 2.75) is 27.2 Å². The number of benzene rings is 2. The molecular formula is C19H25FN2OS. The van der Waals surface area contributed by atoms with E-state index in [1.165, 1.54) is 18.6 Å². The molecule has 1 unspecified atom stereocenters. The average Bonchev–Trinajstić information content (AvgIpc) is 3.17. The van der Waals surface area contributed by atoms with Crippen LogP contribution < -0.4 is 14.6 Å². The Balaban J connectivity index is 0.000000198. The summed E-state index contributed by atoms with van der Waals surface area (Å²) < 4.78 is 21.5. The highest BCUT2D eigenvalue weighted by Crippen LogP contribution is 2.51. The largest absolute Gasteiger partial charge is 0.493 e. The van der Waals surface area contributed by atoms with E-state index in [4.69, 9.17) is 9.88 Å². The van der Waals surface area contributed by atoms with Gasteiger partial charge in [0.15, 0.2) is 0 Å². The molecule has 1 atom stereocenters. The minimum Gasteiger partial charge on any atom is -0.493 e. The standard InChI is InChI=1S/C13H17FO.C6H8N2S/c1-9-4-5-11(14)6-12(9)15-8-10-7-13(10,2)3;7-9-8-6-4-2-1-3-5-6/h4-6,10H,7-8H2,1-3H3;1-5,8H,7H2. The quantitative estimate of drug-likeness (QED) is 0.731. The van der Waals surface area contributed by atoms with Gasteiger partial charge in [-0.15, -0.1) is 0 Å². The molecule has 0 aromatic heterocycles. The third-order valence-corrected chi connectivity index (χ3v) is 4.61. The maximum absolute atomic E-state index is 13.0. The zero-order valence-corrected chi connectivity index (χ0v) is 15.2. The Bertz CT molecular complexity index is 649. The van der Waals surface area contributed by atoms with E-state index in [1.54, 1.807) is 6.07 Å². The lowest BCUT2D eigenvalue weighted by Crippen LogP contribution is -2.05. The van der Waals surface area contributed by atoms with Crippen molar-refractivity contribution in [3.8, 4) is 5.75 Å². The van der Waals surface area contributed by atoms with Crippen molar-refractivity contribution >= 4 is 17.8 Å². The first kappa shape index (κ1) is 18.6. The van der Waals surface area contributed by atoms with Crippen LogP contribution in [0.3, 0.4) is 0 Å². The molecule has 2 aromatic carbocycles. The molecule has 24 heavy (non-hydrogen) atoms. The van der Waals surface area contributed by atoms with Crippen LogP contribution in [0, 0.1) is 24.1 Å². The van der Waals surface area contributed by atoms with Gasteiger partial charge >= 0.3 is 0 Å². The second-order valence-electron chi connectivity index (χ2n) is 6.70. The highest BCUT2D eigenvalue weighted by Gasteiger charge is 2.45. The molecule has 1 saturated carbocycles. The maximum atomic E-state index is 13.0. The zero-order chi connectivity index (χ0) is 17.6. The molecule has 3 N–H and O–H groups in total. The summed E-state index contributed by atoms with van der Waals surface area (Å²) >= 11 is 1.10. The Morgan fingerprint density at radius 1 is 1.25 bits per heavy atom. The summed E-state index contributed by atoms with van der Waals surface area (Å²) in [6.45, 7) is 7.11. The Morgan fingerprint density at radius 2 is 1.92 bits per heavy atom. The van der Waals surface area contributed by atoms with Gasteiger partial charge in [0, 0.05) is 23.9 Å². The highest BCUT2D eigenvalue weighted by molar-refractivity contribution is 7.98. The molecule has 0 saturated heterocycles. The number of ether oxygens (including phenoxy) is 1. The van der Waals surface area contributed by atoms with Crippen molar-refractivity contribution in [1.29, 1.82) is 0 Å². The average molecular weight is 348 g/mol. The lowest BCUT2D eigenvalue weighted by Gasteiger charge is -2.09. The van der Waals surface area contributed by atoms with Crippen molar-refractivity contribution < 1.29 is 9.13 Å². The third kappa shape index (κ3) is 5.73. The van der Waals surface area contributed by atoms with Crippen LogP contribution >= 0.6 is 12.1 Å². The van der Waals surface area contributed by atoms with Gasteiger partial charge in [-0.2, -0.15) is 0 Å². The van der Waals surface area contributed by atoms with Crippen LogP contribution in [0.25, 0.3) is 0 Å². The summed E-state index contributed by atoms with van der Waals surface area (Å²) in [6.07, 6.45) is 1.21. The van der Waals surface area contributed by atoms with E-state index < -0.39 is 0 Å². The molecule has 1 aliphatic carbocycles.